The zero-order valence-corrected chi connectivity index (χ0v) is 10.3. The molecule has 0 saturated carbocycles. The van der Waals surface area contributed by atoms with Crippen LogP contribution in [0.25, 0.3) is 0 Å². The Kier molecular flexibility index (Phi) is 2.92. The van der Waals surface area contributed by atoms with E-state index in [1.165, 1.54) is 11.1 Å². The third kappa shape index (κ3) is 2.05. The predicted molar refractivity (Wildman–Crippen MR) is 68.4 cm³/mol. The predicted octanol–water partition coefficient (Wildman–Crippen LogP) is 1.64. The Morgan fingerprint density at radius 2 is 2.24 bits per heavy atom. The number of carbonyl (C=O) groups is 1. The Bertz CT molecular complexity index is 467. The zero-order chi connectivity index (χ0) is 12.6. The number of likely N-dealkylation sites (N-methyl/N-ethyl adjacent to an activating group) is 1. The van der Waals surface area contributed by atoms with Gasteiger partial charge < -0.3 is 10.6 Å². The van der Waals surface area contributed by atoms with Crippen molar-refractivity contribution >= 4 is 5.91 Å². The Labute approximate surface area is 102 Å². The van der Waals surface area contributed by atoms with Gasteiger partial charge in [-0.25, -0.2) is 0 Å². The van der Waals surface area contributed by atoms with E-state index in [4.69, 9.17) is 5.73 Å². The van der Waals surface area contributed by atoms with E-state index in [-0.39, 0.29) is 17.7 Å². The molecule has 0 spiro atoms. The number of nitrogens with zero attached hydrogens (tertiary/aromatic N) is 1. The molecule has 3 nitrogen and oxygen atoms in total. The summed E-state index contributed by atoms with van der Waals surface area (Å²) >= 11 is 0. The van der Waals surface area contributed by atoms with Crippen molar-refractivity contribution in [2.45, 2.75) is 12.8 Å². The van der Waals surface area contributed by atoms with Crippen LogP contribution in [0.2, 0.25) is 0 Å². The number of likely N-dealkylation sites (tertiary alicyclic amines) is 1. The van der Waals surface area contributed by atoms with E-state index in [0.717, 1.165) is 12.2 Å². The van der Waals surface area contributed by atoms with E-state index >= 15 is 0 Å². The lowest BCUT2D eigenvalue weighted by Crippen LogP contribution is -2.27. The largest absolute Gasteiger partial charge is 0.377 e. The van der Waals surface area contributed by atoms with Crippen molar-refractivity contribution in [1.29, 1.82) is 0 Å². The standard InChI is InChI=1S/C14H18N2O/c1-9-5-4-6-11(7-9)12-8-16(3)10(2)13(12)14(15)17/h4-7,12-13H,2,8H2,1,3H3,(H2,15,17). The first-order chi connectivity index (χ1) is 8.00. The fraction of sp³-hybridized carbons (Fsp3) is 0.357. The van der Waals surface area contributed by atoms with Crippen molar-refractivity contribution in [3.63, 3.8) is 0 Å². The Morgan fingerprint density at radius 3 is 2.82 bits per heavy atom. The molecule has 2 N–H and O–H groups in total. The highest BCUT2D eigenvalue weighted by atomic mass is 16.1. The average Bonchev–Trinajstić information content (AvgIpc) is 2.55. The summed E-state index contributed by atoms with van der Waals surface area (Å²) in [5.74, 6) is -0.433. The average molecular weight is 230 g/mol. The van der Waals surface area contributed by atoms with Crippen molar-refractivity contribution < 1.29 is 4.79 Å². The van der Waals surface area contributed by atoms with Gasteiger partial charge in [0.1, 0.15) is 0 Å². The Balaban J connectivity index is 2.38. The molecule has 0 radical (unpaired) electrons. The van der Waals surface area contributed by atoms with Crippen LogP contribution in [0, 0.1) is 12.8 Å². The van der Waals surface area contributed by atoms with Gasteiger partial charge in [-0.3, -0.25) is 4.79 Å². The van der Waals surface area contributed by atoms with Crippen molar-refractivity contribution in [3.05, 3.63) is 47.7 Å². The Hall–Kier alpha value is -1.77. The summed E-state index contributed by atoms with van der Waals surface area (Å²) < 4.78 is 0. The normalized spacial score (nSPS) is 24.1. The number of primary amides is 1. The third-order valence-electron chi connectivity index (χ3n) is 3.50. The molecule has 1 saturated heterocycles. The molecule has 1 fully saturated rings. The van der Waals surface area contributed by atoms with Crippen LogP contribution in [0.15, 0.2) is 36.5 Å². The van der Waals surface area contributed by atoms with Gasteiger partial charge in [0, 0.05) is 25.2 Å². The highest BCUT2D eigenvalue weighted by molar-refractivity contribution is 5.81. The van der Waals surface area contributed by atoms with Gasteiger partial charge in [-0.05, 0) is 12.5 Å². The van der Waals surface area contributed by atoms with Gasteiger partial charge in [0.15, 0.2) is 0 Å². The lowest BCUT2D eigenvalue weighted by Gasteiger charge is -2.16. The molecule has 2 unspecified atom stereocenters. The summed E-state index contributed by atoms with van der Waals surface area (Å²) in [4.78, 5) is 13.6. The first-order valence-electron chi connectivity index (χ1n) is 5.76. The summed E-state index contributed by atoms with van der Waals surface area (Å²) in [6, 6.07) is 8.24. The lowest BCUT2D eigenvalue weighted by atomic mass is 9.86. The first kappa shape index (κ1) is 11.7. The van der Waals surface area contributed by atoms with Crippen molar-refractivity contribution in [1.82, 2.24) is 4.90 Å². The van der Waals surface area contributed by atoms with Gasteiger partial charge in [-0.1, -0.05) is 36.4 Å². The van der Waals surface area contributed by atoms with Crippen LogP contribution < -0.4 is 5.73 Å². The van der Waals surface area contributed by atoms with Crippen LogP contribution in [0.1, 0.15) is 17.0 Å². The molecule has 1 aliphatic heterocycles. The molecule has 1 amide bonds. The maximum Gasteiger partial charge on any atom is 0.227 e. The zero-order valence-electron chi connectivity index (χ0n) is 10.3. The third-order valence-corrected chi connectivity index (χ3v) is 3.50. The molecule has 0 aromatic heterocycles. The van der Waals surface area contributed by atoms with E-state index in [2.05, 4.69) is 31.7 Å². The first-order valence-corrected chi connectivity index (χ1v) is 5.76. The Morgan fingerprint density at radius 1 is 1.53 bits per heavy atom. The number of benzene rings is 1. The second-order valence-electron chi connectivity index (χ2n) is 4.77. The van der Waals surface area contributed by atoms with E-state index in [9.17, 15) is 4.79 Å². The smallest absolute Gasteiger partial charge is 0.227 e. The van der Waals surface area contributed by atoms with E-state index in [1.54, 1.807) is 0 Å². The summed E-state index contributed by atoms with van der Waals surface area (Å²) in [7, 11) is 1.95. The van der Waals surface area contributed by atoms with Crippen molar-refractivity contribution in [3.8, 4) is 0 Å². The SMILES string of the molecule is C=C1C(C(N)=O)C(c2cccc(C)c2)CN1C. The van der Waals surface area contributed by atoms with Crippen LogP contribution in [0.4, 0.5) is 0 Å². The van der Waals surface area contributed by atoms with Gasteiger partial charge in [0.25, 0.3) is 0 Å². The molecule has 90 valence electrons. The summed E-state index contributed by atoms with van der Waals surface area (Å²) in [5.41, 5.74) is 8.68. The lowest BCUT2D eigenvalue weighted by molar-refractivity contribution is -0.120. The topological polar surface area (TPSA) is 46.3 Å². The van der Waals surface area contributed by atoms with Gasteiger partial charge >= 0.3 is 0 Å². The molecule has 1 aliphatic rings. The van der Waals surface area contributed by atoms with Crippen LogP contribution in [0.5, 0.6) is 0 Å². The van der Waals surface area contributed by atoms with Crippen molar-refractivity contribution in [2.24, 2.45) is 11.7 Å². The molecule has 17 heavy (non-hydrogen) atoms. The van der Waals surface area contributed by atoms with E-state index < -0.39 is 0 Å². The fourth-order valence-corrected chi connectivity index (χ4v) is 2.55. The highest BCUT2D eigenvalue weighted by Gasteiger charge is 2.38. The van der Waals surface area contributed by atoms with Gasteiger partial charge in [0.05, 0.1) is 5.92 Å². The number of nitrogens with two attached hydrogens (primary N) is 1. The van der Waals surface area contributed by atoms with Crippen LogP contribution in [-0.4, -0.2) is 24.4 Å². The van der Waals surface area contributed by atoms with Gasteiger partial charge in [-0.15, -0.1) is 0 Å². The van der Waals surface area contributed by atoms with Crippen LogP contribution >= 0.6 is 0 Å². The number of aryl methyl sites for hydroxylation is 1. The fourth-order valence-electron chi connectivity index (χ4n) is 2.55. The molecule has 1 aromatic carbocycles. The summed E-state index contributed by atoms with van der Waals surface area (Å²) in [6.07, 6.45) is 0. The molecule has 2 rings (SSSR count). The maximum atomic E-state index is 11.6. The molecule has 3 heteroatoms. The van der Waals surface area contributed by atoms with Gasteiger partial charge in [-0.2, -0.15) is 0 Å². The second-order valence-corrected chi connectivity index (χ2v) is 4.77. The van der Waals surface area contributed by atoms with E-state index in [0.29, 0.717) is 0 Å². The molecule has 1 aromatic rings. The highest BCUT2D eigenvalue weighted by Crippen LogP contribution is 2.38. The number of rotatable bonds is 2. The summed E-state index contributed by atoms with van der Waals surface area (Å²) in [6.45, 7) is 6.81. The monoisotopic (exact) mass is 230 g/mol. The minimum Gasteiger partial charge on any atom is -0.377 e. The number of hydrogen-bond acceptors (Lipinski definition) is 2. The molecule has 2 atom stereocenters. The maximum absolute atomic E-state index is 11.6. The molecular formula is C14H18N2O. The number of amides is 1. The minimum absolute atomic E-state index is 0.130. The van der Waals surface area contributed by atoms with Crippen LogP contribution in [0.3, 0.4) is 0 Å². The number of carbonyl (C=O) groups excluding carboxylic acids is 1. The van der Waals surface area contributed by atoms with Crippen molar-refractivity contribution in [2.75, 3.05) is 13.6 Å². The van der Waals surface area contributed by atoms with Gasteiger partial charge in [0.2, 0.25) is 5.91 Å². The quantitative estimate of drug-likeness (QED) is 0.839. The van der Waals surface area contributed by atoms with Crippen LogP contribution in [-0.2, 0) is 4.79 Å². The van der Waals surface area contributed by atoms with E-state index in [1.807, 2.05) is 18.0 Å². The second kappa shape index (κ2) is 4.24. The molecular weight excluding hydrogens is 212 g/mol. The molecule has 0 bridgehead atoms. The molecule has 0 aliphatic carbocycles. The summed E-state index contributed by atoms with van der Waals surface area (Å²) in [5, 5.41) is 0. The number of hydrogen-bond donors (Lipinski definition) is 1. The minimum atomic E-state index is -0.286. The molecule has 1 heterocycles.